The fourth-order valence-electron chi connectivity index (χ4n) is 0. The minimum absolute atomic E-state index is 0. The van der Waals surface area contributed by atoms with Gasteiger partial charge in [0, 0.05) is 0 Å². The molecule has 20 N–H and O–H groups in total. The number of rotatable bonds is 0. The van der Waals surface area contributed by atoms with E-state index in [0.717, 1.165) is 0 Å². The van der Waals surface area contributed by atoms with Crippen LogP contribution in [0.4, 0.5) is 0 Å². The Bertz CT molecular complexity index is 469. The highest BCUT2D eigenvalue weighted by Crippen LogP contribution is 1.47. The third kappa shape index (κ3) is 49300. The van der Waals surface area contributed by atoms with Gasteiger partial charge in [0.15, 0.2) is 0 Å². The summed E-state index contributed by atoms with van der Waals surface area (Å²) in [5.74, 6) is 0. The molecule has 1 atom stereocenters. The van der Waals surface area contributed by atoms with Crippen LogP contribution in [0.5, 0.6) is 0 Å². The predicted octanol–water partition coefficient (Wildman–Crippen LogP) is -3.13. The van der Waals surface area contributed by atoms with Crippen LogP contribution in [0.3, 0.4) is 0 Å². The number of hydrogen-bond donors (Lipinski definition) is 20. The number of hydrogen-bond acceptors (Lipinski definition) is 10. The quantitative estimate of drug-likeness (QED) is 0.0846. The van der Waals surface area contributed by atoms with Crippen molar-refractivity contribution in [3.63, 3.8) is 0 Å². The van der Waals surface area contributed by atoms with Crippen LogP contribution in [0.15, 0.2) is 0 Å². The fraction of sp³-hybridized carbons (Fsp3) is 0. The first-order valence-corrected chi connectivity index (χ1v) is 16.0. The average Bonchev–Trinajstić information content (AvgIpc) is 2.47. The Morgan fingerprint density at radius 2 is 0.171 bits per heavy atom. The molecule has 41 heteroatoms. The van der Waals surface area contributed by atoms with Gasteiger partial charge >= 0.3 is 0 Å². The molecule has 0 saturated heterocycles. The van der Waals surface area contributed by atoms with E-state index in [-0.39, 0.29) is 9.90 Å². The summed E-state index contributed by atoms with van der Waals surface area (Å²) in [4.78, 5) is 0. The summed E-state index contributed by atoms with van der Waals surface area (Å²) in [5.41, 5.74) is 0. The summed E-state index contributed by atoms with van der Waals surface area (Å²) >= 11 is -26.1. The maximum atomic E-state index is 8.67. The van der Waals surface area contributed by atoms with E-state index in [1.165, 1.54) is 0 Å². The molecule has 0 radical (unpaired) electrons. The topological polar surface area (TPSA) is 575 Å². The lowest BCUT2D eigenvalue weighted by Gasteiger charge is -1.59. The molecule has 268 valence electrons. The minimum Gasteiger partial charge on any atom is -0.284 e. The second kappa shape index (κ2) is 68.4. The normalized spacial score (nSPS) is 8.54. The van der Waals surface area contributed by atoms with Crippen LogP contribution in [0.2, 0.25) is 0 Å². The van der Waals surface area contributed by atoms with Crippen LogP contribution < -0.4 is 0 Å². The molecule has 0 amide bonds. The first-order chi connectivity index (χ1) is 17.3. The maximum absolute atomic E-state index is 8.67. The second-order valence-corrected chi connectivity index (χ2v) is 6.92. The van der Waals surface area contributed by atoms with Crippen molar-refractivity contribution in [2.45, 2.75) is 0 Å². The molecule has 0 saturated carbocycles. The van der Waals surface area contributed by atoms with Gasteiger partial charge in [0.1, 0.15) is 0 Å². The lowest BCUT2D eigenvalue weighted by molar-refractivity contribution is 0.452. The molecule has 0 spiro atoms. The summed E-state index contributed by atoms with van der Waals surface area (Å²) < 4.78 is 228. The van der Waals surface area contributed by atoms with E-state index in [4.69, 9.17) is 133 Å². The first-order valence-electron chi connectivity index (χ1n) is 5.32. The van der Waals surface area contributed by atoms with E-state index < -0.39 is 114 Å². The molecule has 0 rings (SSSR count). The lowest BCUT2D eigenvalue weighted by atomic mass is 15.8. The van der Waals surface area contributed by atoms with Crippen molar-refractivity contribution in [3.05, 3.63) is 0 Å². The zero-order chi connectivity index (χ0) is 35.8. The van der Waals surface area contributed by atoms with Gasteiger partial charge in [-0.3, -0.25) is 91.1 Å². The van der Waals surface area contributed by atoms with Crippen LogP contribution >= 0.6 is 9.90 Å². The Hall–Kier alpha value is 1.13. The molecule has 0 aliphatic heterocycles. The standard InChI is InChI=1S/10H2O3S.H3P/c10*1-4(2)3;/h10*(H2,1,2,3);1H3. The highest BCUT2D eigenvalue weighted by molar-refractivity contribution is 7.74. The largest absolute Gasteiger partial charge is 0.299 e. The Morgan fingerprint density at radius 1 is 0.171 bits per heavy atom. The van der Waals surface area contributed by atoms with Gasteiger partial charge in [0.2, 0.25) is 0 Å². The highest BCUT2D eigenvalue weighted by Gasteiger charge is 1.65. The van der Waals surface area contributed by atoms with E-state index in [2.05, 4.69) is 0 Å². The zero-order valence-corrected chi connectivity index (χ0v) is 27.4. The monoisotopic (exact) mass is 854 g/mol. The van der Waals surface area contributed by atoms with Gasteiger partial charge in [-0.2, -0.15) is 52.0 Å². The van der Waals surface area contributed by atoms with Gasteiger partial charge in [-0.05, 0) is 0 Å². The van der Waals surface area contributed by atoms with Crippen LogP contribution in [-0.4, -0.2) is 133 Å². The van der Waals surface area contributed by atoms with Crippen molar-refractivity contribution in [1.82, 2.24) is 0 Å². The van der Waals surface area contributed by atoms with Crippen molar-refractivity contribution in [3.8, 4) is 0 Å². The lowest BCUT2D eigenvalue weighted by Crippen LogP contribution is -1.74. The summed E-state index contributed by atoms with van der Waals surface area (Å²) in [6.45, 7) is 0. The molecule has 0 aromatic heterocycles. The van der Waals surface area contributed by atoms with Gasteiger partial charge in [-0.25, -0.2) is 0 Å². The summed E-state index contributed by atoms with van der Waals surface area (Å²) in [5, 5.41) is 0. The molecule has 30 nitrogen and oxygen atoms in total. The van der Waals surface area contributed by atoms with Crippen molar-refractivity contribution in [1.29, 1.82) is 0 Å². The molecular weight excluding hydrogens is 832 g/mol. The molecule has 0 bridgehead atoms. The van der Waals surface area contributed by atoms with E-state index in [0.29, 0.717) is 0 Å². The maximum Gasteiger partial charge on any atom is 0.299 e. The molecule has 41 heavy (non-hydrogen) atoms. The van der Waals surface area contributed by atoms with Gasteiger partial charge in [0.25, 0.3) is 114 Å². The van der Waals surface area contributed by atoms with E-state index >= 15 is 0 Å². The molecule has 0 fully saturated rings. The highest BCUT2D eigenvalue weighted by atomic mass is 32.2. The first kappa shape index (κ1) is 73.5. The van der Waals surface area contributed by atoms with Crippen molar-refractivity contribution >= 4 is 124 Å². The molecule has 0 aliphatic carbocycles. The summed E-state index contributed by atoms with van der Waals surface area (Å²) in [6.07, 6.45) is 0. The minimum atomic E-state index is -2.61. The van der Waals surface area contributed by atoms with Crippen LogP contribution in [0, 0.1) is 0 Å². The fourth-order valence-corrected chi connectivity index (χ4v) is 0. The van der Waals surface area contributed by atoms with Gasteiger partial charge in [0.05, 0.1) is 0 Å². The Balaban J connectivity index is -0.0000000270. The van der Waals surface area contributed by atoms with E-state index in [9.17, 15) is 0 Å². The third-order valence-electron chi connectivity index (χ3n) is 0. The van der Waals surface area contributed by atoms with Gasteiger partial charge in [-0.15, -0.1) is 0 Å². The van der Waals surface area contributed by atoms with Crippen LogP contribution in [0.1, 0.15) is 0 Å². The third-order valence-corrected chi connectivity index (χ3v) is 0. The molecular formula is H23O30PS10. The SMILES string of the molecule is O=S(O)O.O=S(O)O.O=S(O)O.O=S(O)O.O=S(O)O.O=S(O)O.O=S(O)O.O=S(O)O.O=S(O)O.O=S(O)O.P. The zero-order valence-electron chi connectivity index (χ0n) is 17.8. The van der Waals surface area contributed by atoms with Crippen LogP contribution in [0.25, 0.3) is 0 Å². The smallest absolute Gasteiger partial charge is 0.284 e. The Labute approximate surface area is 255 Å². The molecule has 0 heterocycles. The molecule has 1 unspecified atom stereocenters. The molecule has 0 aromatic rings. The Morgan fingerprint density at radius 3 is 0.171 bits per heavy atom. The van der Waals surface area contributed by atoms with Crippen molar-refractivity contribution in [2.75, 3.05) is 0 Å². The molecule has 0 aliphatic rings. The predicted molar refractivity (Wildman–Crippen MR) is 145 cm³/mol. The van der Waals surface area contributed by atoms with Crippen molar-refractivity contribution < 1.29 is 133 Å². The van der Waals surface area contributed by atoms with Gasteiger partial charge < -0.3 is 0 Å². The average molecular weight is 855 g/mol. The van der Waals surface area contributed by atoms with Gasteiger partial charge in [-0.1, -0.05) is 0 Å². The summed E-state index contributed by atoms with van der Waals surface area (Å²) in [7, 11) is 0. The summed E-state index contributed by atoms with van der Waals surface area (Å²) in [6, 6.07) is 0. The second-order valence-electron chi connectivity index (χ2n) is 2.31. The van der Waals surface area contributed by atoms with Crippen molar-refractivity contribution in [2.24, 2.45) is 0 Å². The van der Waals surface area contributed by atoms with E-state index in [1.807, 2.05) is 0 Å². The Kier molecular flexibility index (Phi) is 123. The van der Waals surface area contributed by atoms with E-state index in [1.54, 1.807) is 0 Å². The van der Waals surface area contributed by atoms with Crippen LogP contribution in [-0.2, 0) is 114 Å². The molecule has 0 aromatic carbocycles.